The van der Waals surface area contributed by atoms with Crippen molar-refractivity contribution in [2.75, 3.05) is 4.90 Å². The summed E-state index contributed by atoms with van der Waals surface area (Å²) in [5.74, 6) is 0. The predicted molar refractivity (Wildman–Crippen MR) is 243 cm³/mol. The lowest BCUT2D eigenvalue weighted by Gasteiger charge is -2.27. The van der Waals surface area contributed by atoms with Gasteiger partial charge in [0.2, 0.25) is 0 Å². The molecule has 0 radical (unpaired) electrons. The van der Waals surface area contributed by atoms with E-state index in [0.717, 1.165) is 99.7 Å². The van der Waals surface area contributed by atoms with Crippen LogP contribution in [0.3, 0.4) is 0 Å². The molecule has 0 saturated heterocycles. The predicted octanol–water partition coefficient (Wildman–Crippen LogP) is 15.6. The van der Waals surface area contributed by atoms with E-state index in [9.17, 15) is 0 Å². The molecule has 13 rings (SSSR count). The molecule has 5 nitrogen and oxygen atoms in total. The van der Waals surface area contributed by atoms with Crippen molar-refractivity contribution in [3.63, 3.8) is 0 Å². The zero-order valence-corrected chi connectivity index (χ0v) is 31.6. The third-order valence-corrected chi connectivity index (χ3v) is 12.0. The molecule has 0 atom stereocenters. The van der Waals surface area contributed by atoms with Crippen LogP contribution in [-0.2, 0) is 0 Å². The normalized spacial score (nSPS) is 12.1. The molecule has 0 spiro atoms. The second kappa shape index (κ2) is 12.2. The van der Waals surface area contributed by atoms with E-state index in [0.29, 0.717) is 0 Å². The summed E-state index contributed by atoms with van der Waals surface area (Å²) in [4.78, 5) is 2.38. The Morgan fingerprint density at radius 3 is 1.36 bits per heavy atom. The Hall–Kier alpha value is -8.02. The van der Waals surface area contributed by atoms with E-state index < -0.39 is 0 Å². The van der Waals surface area contributed by atoms with Crippen molar-refractivity contribution in [2.45, 2.75) is 0 Å². The number of anilines is 3. The highest BCUT2D eigenvalue weighted by Gasteiger charge is 2.26. The molecule has 0 bridgehead atoms. The summed E-state index contributed by atoms with van der Waals surface area (Å²) in [7, 11) is 0. The molecule has 0 saturated carbocycles. The largest absolute Gasteiger partial charge is 0.456 e. The number of aromatic nitrogens is 1. The highest BCUT2D eigenvalue weighted by Crippen LogP contribution is 2.50. The fraction of sp³-hybridized carbons (Fsp3) is 0. The van der Waals surface area contributed by atoms with Gasteiger partial charge in [0.1, 0.15) is 33.5 Å². The SMILES string of the molecule is c1ccc(-n2c3ccccc3c3cc(-c4ccc5oc6cccc(N(c7cccc8oc9ccccc9c78)c7cccc8oc9ccccc9c78)c6c5c4)ccc32)cc1. The Morgan fingerprint density at radius 1 is 0.305 bits per heavy atom. The van der Waals surface area contributed by atoms with Gasteiger partial charge < -0.3 is 22.7 Å². The number of para-hydroxylation sites is 4. The molecule has 5 heteroatoms. The standard InChI is InChI=1S/C54H32N2O3/c1-2-13-35(14-3-1)55-41-18-7-4-15-36(41)39-31-33(27-29-42(39)55)34-28-30-48-40(32-34)54-45(21-12-26-51(54)59-48)56(43-19-10-24-49-52(43)37-16-5-8-22-46(37)57-49)44-20-11-25-50-53(44)38-17-6-9-23-47(38)58-50/h1-32H. The van der Waals surface area contributed by atoms with E-state index in [-0.39, 0.29) is 0 Å². The zero-order valence-electron chi connectivity index (χ0n) is 31.6. The topological polar surface area (TPSA) is 47.6 Å². The summed E-state index contributed by atoms with van der Waals surface area (Å²) in [6.45, 7) is 0. The lowest BCUT2D eigenvalue weighted by atomic mass is 9.99. The van der Waals surface area contributed by atoms with Crippen molar-refractivity contribution in [3.05, 3.63) is 194 Å². The van der Waals surface area contributed by atoms with Gasteiger partial charge in [-0.05, 0) is 102 Å². The summed E-state index contributed by atoms with van der Waals surface area (Å²) in [5.41, 5.74) is 13.8. The average molecular weight is 757 g/mol. The molecule has 4 aromatic heterocycles. The molecule has 0 amide bonds. The van der Waals surface area contributed by atoms with Crippen LogP contribution >= 0.6 is 0 Å². The maximum atomic E-state index is 6.70. The molecule has 0 aliphatic carbocycles. The van der Waals surface area contributed by atoms with Crippen LogP contribution in [-0.4, -0.2) is 4.57 Å². The van der Waals surface area contributed by atoms with Crippen molar-refractivity contribution in [2.24, 2.45) is 0 Å². The number of rotatable bonds is 5. The smallest absolute Gasteiger partial charge is 0.137 e. The van der Waals surface area contributed by atoms with Gasteiger partial charge in [0.25, 0.3) is 0 Å². The number of benzene rings is 9. The Balaban J connectivity index is 1.08. The molecule has 0 aliphatic heterocycles. The van der Waals surface area contributed by atoms with Gasteiger partial charge in [-0.25, -0.2) is 0 Å². The highest BCUT2D eigenvalue weighted by molar-refractivity contribution is 6.22. The second-order valence-corrected chi connectivity index (χ2v) is 15.2. The summed E-state index contributed by atoms with van der Waals surface area (Å²) >= 11 is 0. The van der Waals surface area contributed by atoms with E-state index in [1.54, 1.807) is 0 Å². The van der Waals surface area contributed by atoms with Gasteiger partial charge in [-0.15, -0.1) is 0 Å². The fourth-order valence-electron chi connectivity index (χ4n) is 9.46. The zero-order chi connectivity index (χ0) is 38.6. The van der Waals surface area contributed by atoms with Crippen LogP contribution in [0.25, 0.3) is 104 Å². The van der Waals surface area contributed by atoms with E-state index in [2.05, 4.69) is 179 Å². The van der Waals surface area contributed by atoms with E-state index in [1.165, 1.54) is 21.8 Å². The maximum absolute atomic E-state index is 6.70. The number of fused-ring (bicyclic) bond motifs is 12. The second-order valence-electron chi connectivity index (χ2n) is 15.2. The minimum atomic E-state index is 0.814. The van der Waals surface area contributed by atoms with Crippen LogP contribution < -0.4 is 4.90 Å². The van der Waals surface area contributed by atoms with Crippen molar-refractivity contribution < 1.29 is 13.3 Å². The Morgan fingerprint density at radius 2 is 0.746 bits per heavy atom. The molecule has 0 fully saturated rings. The average Bonchev–Trinajstić information content (AvgIpc) is 4.06. The van der Waals surface area contributed by atoms with Gasteiger partial charge in [-0.1, -0.05) is 103 Å². The van der Waals surface area contributed by atoms with Gasteiger partial charge in [0.05, 0.1) is 44.3 Å². The third-order valence-electron chi connectivity index (χ3n) is 12.0. The van der Waals surface area contributed by atoms with Crippen molar-refractivity contribution >= 4 is 105 Å². The quantitative estimate of drug-likeness (QED) is 0.175. The summed E-state index contributed by atoms with van der Waals surface area (Å²) in [6.07, 6.45) is 0. The Bertz CT molecular complexity index is 3690. The number of hydrogen-bond acceptors (Lipinski definition) is 4. The van der Waals surface area contributed by atoms with Crippen molar-refractivity contribution in [1.82, 2.24) is 4.57 Å². The Labute approximate surface area is 337 Å². The first-order valence-electron chi connectivity index (χ1n) is 19.9. The maximum Gasteiger partial charge on any atom is 0.137 e. The summed E-state index contributed by atoms with van der Waals surface area (Å²) < 4.78 is 22.0. The molecule has 13 aromatic rings. The van der Waals surface area contributed by atoms with Crippen molar-refractivity contribution in [1.29, 1.82) is 0 Å². The van der Waals surface area contributed by atoms with Crippen LogP contribution in [0.4, 0.5) is 17.1 Å². The van der Waals surface area contributed by atoms with E-state index in [4.69, 9.17) is 13.3 Å². The molecule has 0 aliphatic rings. The minimum Gasteiger partial charge on any atom is -0.456 e. The fourth-order valence-corrected chi connectivity index (χ4v) is 9.46. The van der Waals surface area contributed by atoms with Gasteiger partial charge in [0, 0.05) is 32.6 Å². The summed E-state index contributed by atoms with van der Waals surface area (Å²) in [5, 5.41) is 8.71. The molecule has 59 heavy (non-hydrogen) atoms. The van der Waals surface area contributed by atoms with Gasteiger partial charge in [-0.3, -0.25) is 0 Å². The first kappa shape index (κ1) is 32.1. The van der Waals surface area contributed by atoms with Crippen LogP contribution in [0.2, 0.25) is 0 Å². The van der Waals surface area contributed by atoms with Gasteiger partial charge in [0.15, 0.2) is 0 Å². The molecule has 4 heterocycles. The van der Waals surface area contributed by atoms with Crippen LogP contribution in [0, 0.1) is 0 Å². The van der Waals surface area contributed by atoms with E-state index >= 15 is 0 Å². The molecule has 0 N–H and O–H groups in total. The third kappa shape index (κ3) is 4.67. The van der Waals surface area contributed by atoms with Crippen LogP contribution in [0.15, 0.2) is 207 Å². The first-order valence-corrected chi connectivity index (χ1v) is 19.9. The Kier molecular flexibility index (Phi) is 6.66. The lowest BCUT2D eigenvalue weighted by Crippen LogP contribution is -2.11. The molecular formula is C54H32N2O3. The number of nitrogens with zero attached hydrogens (tertiary/aromatic N) is 2. The lowest BCUT2D eigenvalue weighted by molar-refractivity contribution is 0.668. The molecule has 276 valence electrons. The number of hydrogen-bond donors (Lipinski definition) is 0. The molecule has 0 unspecified atom stereocenters. The molecule has 9 aromatic carbocycles. The summed E-state index contributed by atoms with van der Waals surface area (Å²) in [6, 6.07) is 68.3. The minimum absolute atomic E-state index is 0.814. The van der Waals surface area contributed by atoms with Crippen LogP contribution in [0.5, 0.6) is 0 Å². The molecular weight excluding hydrogens is 725 g/mol. The highest BCUT2D eigenvalue weighted by atomic mass is 16.3. The van der Waals surface area contributed by atoms with E-state index in [1.807, 2.05) is 24.3 Å². The first-order chi connectivity index (χ1) is 29.3. The van der Waals surface area contributed by atoms with Crippen LogP contribution in [0.1, 0.15) is 0 Å². The number of furan rings is 3. The van der Waals surface area contributed by atoms with Gasteiger partial charge >= 0.3 is 0 Å². The van der Waals surface area contributed by atoms with Gasteiger partial charge in [-0.2, -0.15) is 0 Å². The monoisotopic (exact) mass is 756 g/mol. The van der Waals surface area contributed by atoms with Crippen molar-refractivity contribution in [3.8, 4) is 16.8 Å².